The molecular formula is C12H11FN2. The van der Waals surface area contributed by atoms with Gasteiger partial charge in [-0.1, -0.05) is 6.08 Å². The highest BCUT2D eigenvalue weighted by molar-refractivity contribution is 5.75. The van der Waals surface area contributed by atoms with Crippen molar-refractivity contribution in [2.75, 3.05) is 0 Å². The average Bonchev–Trinajstić information content (AvgIpc) is 2.20. The van der Waals surface area contributed by atoms with E-state index in [1.54, 1.807) is 6.07 Å². The van der Waals surface area contributed by atoms with Crippen molar-refractivity contribution < 1.29 is 4.39 Å². The zero-order valence-corrected chi connectivity index (χ0v) is 8.66. The molecule has 0 aliphatic heterocycles. The molecule has 0 aliphatic rings. The van der Waals surface area contributed by atoms with Crippen molar-refractivity contribution in [3.05, 3.63) is 41.5 Å². The quantitative estimate of drug-likeness (QED) is 0.710. The van der Waals surface area contributed by atoms with Gasteiger partial charge >= 0.3 is 0 Å². The number of halogens is 1. The molecule has 2 nitrogen and oxygen atoms in total. The molecule has 0 bridgehead atoms. The number of benzene rings is 1. The van der Waals surface area contributed by atoms with Crippen LogP contribution >= 0.6 is 0 Å². The molecule has 1 aromatic heterocycles. The SMILES string of the molecule is C/C=C/c1nc2ccc(F)cc2nc1C. The summed E-state index contributed by atoms with van der Waals surface area (Å²) in [5.74, 6) is -0.282. The summed E-state index contributed by atoms with van der Waals surface area (Å²) in [5, 5.41) is 0. The molecule has 0 saturated carbocycles. The number of allylic oxidation sites excluding steroid dienone is 1. The Balaban J connectivity index is 2.70. The predicted molar refractivity (Wildman–Crippen MR) is 58.9 cm³/mol. The molecule has 15 heavy (non-hydrogen) atoms. The lowest BCUT2D eigenvalue weighted by Gasteiger charge is -2.02. The van der Waals surface area contributed by atoms with Crippen LogP contribution in [0.5, 0.6) is 0 Å². The summed E-state index contributed by atoms with van der Waals surface area (Å²) < 4.78 is 12.9. The van der Waals surface area contributed by atoms with Crippen molar-refractivity contribution in [1.82, 2.24) is 9.97 Å². The summed E-state index contributed by atoms with van der Waals surface area (Å²) in [7, 11) is 0. The normalized spacial score (nSPS) is 11.4. The first-order valence-corrected chi connectivity index (χ1v) is 4.77. The van der Waals surface area contributed by atoms with E-state index in [9.17, 15) is 4.39 Å². The Morgan fingerprint density at radius 2 is 2.00 bits per heavy atom. The van der Waals surface area contributed by atoms with E-state index in [1.165, 1.54) is 12.1 Å². The standard InChI is InChI=1S/C12H11FN2/c1-3-4-10-8(2)14-12-7-9(13)5-6-11(12)15-10/h3-7H,1-2H3/b4-3+. The lowest BCUT2D eigenvalue weighted by molar-refractivity contribution is 0.629. The second-order valence-electron chi connectivity index (χ2n) is 3.33. The summed E-state index contributed by atoms with van der Waals surface area (Å²) in [6, 6.07) is 4.44. The van der Waals surface area contributed by atoms with Crippen LogP contribution in [0.25, 0.3) is 17.1 Å². The van der Waals surface area contributed by atoms with Crippen molar-refractivity contribution in [1.29, 1.82) is 0 Å². The molecule has 1 aromatic carbocycles. The Hall–Kier alpha value is -1.77. The molecule has 0 N–H and O–H groups in total. The van der Waals surface area contributed by atoms with Gasteiger partial charge in [-0.15, -0.1) is 0 Å². The number of nitrogens with zero attached hydrogens (tertiary/aromatic N) is 2. The second-order valence-corrected chi connectivity index (χ2v) is 3.33. The molecule has 0 spiro atoms. The van der Waals surface area contributed by atoms with E-state index in [0.29, 0.717) is 5.52 Å². The second kappa shape index (κ2) is 3.77. The first-order chi connectivity index (χ1) is 7.20. The molecule has 1 heterocycles. The van der Waals surface area contributed by atoms with Crippen LogP contribution in [0.2, 0.25) is 0 Å². The van der Waals surface area contributed by atoms with Gasteiger partial charge in [-0.3, -0.25) is 0 Å². The van der Waals surface area contributed by atoms with Crippen LogP contribution < -0.4 is 0 Å². The van der Waals surface area contributed by atoms with E-state index in [-0.39, 0.29) is 5.82 Å². The maximum absolute atomic E-state index is 12.9. The van der Waals surface area contributed by atoms with Crippen LogP contribution in [-0.2, 0) is 0 Å². The Kier molecular flexibility index (Phi) is 2.46. The Morgan fingerprint density at radius 3 is 2.73 bits per heavy atom. The number of aromatic nitrogens is 2. The van der Waals surface area contributed by atoms with Gasteiger partial charge in [0.15, 0.2) is 0 Å². The Labute approximate surface area is 87.5 Å². The van der Waals surface area contributed by atoms with Gasteiger partial charge in [-0.2, -0.15) is 0 Å². The van der Waals surface area contributed by atoms with Crippen molar-refractivity contribution in [2.45, 2.75) is 13.8 Å². The summed E-state index contributed by atoms with van der Waals surface area (Å²) in [6.07, 6.45) is 3.80. The van der Waals surface area contributed by atoms with Crippen LogP contribution in [0.15, 0.2) is 24.3 Å². The molecule has 2 rings (SSSR count). The lowest BCUT2D eigenvalue weighted by atomic mass is 10.2. The summed E-state index contributed by atoms with van der Waals surface area (Å²) in [4.78, 5) is 8.69. The molecule has 0 unspecified atom stereocenters. The number of hydrogen-bond donors (Lipinski definition) is 0. The van der Waals surface area contributed by atoms with E-state index in [1.807, 2.05) is 26.0 Å². The highest BCUT2D eigenvalue weighted by atomic mass is 19.1. The smallest absolute Gasteiger partial charge is 0.125 e. The molecular weight excluding hydrogens is 191 g/mol. The lowest BCUT2D eigenvalue weighted by Crippen LogP contribution is -1.93. The van der Waals surface area contributed by atoms with Crippen molar-refractivity contribution in [2.24, 2.45) is 0 Å². The van der Waals surface area contributed by atoms with Crippen LogP contribution in [0, 0.1) is 12.7 Å². The maximum atomic E-state index is 12.9. The van der Waals surface area contributed by atoms with E-state index in [0.717, 1.165) is 16.9 Å². The van der Waals surface area contributed by atoms with Crippen molar-refractivity contribution in [3.63, 3.8) is 0 Å². The minimum absolute atomic E-state index is 0.282. The molecule has 0 aliphatic carbocycles. The summed E-state index contributed by atoms with van der Waals surface area (Å²) >= 11 is 0. The highest BCUT2D eigenvalue weighted by Gasteiger charge is 2.03. The minimum atomic E-state index is -0.282. The van der Waals surface area contributed by atoms with Gasteiger partial charge in [0.2, 0.25) is 0 Å². The molecule has 0 amide bonds. The van der Waals surface area contributed by atoms with Gasteiger partial charge in [0, 0.05) is 6.07 Å². The van der Waals surface area contributed by atoms with Crippen LogP contribution in [0.1, 0.15) is 18.3 Å². The Morgan fingerprint density at radius 1 is 1.20 bits per heavy atom. The van der Waals surface area contributed by atoms with Gasteiger partial charge in [0.25, 0.3) is 0 Å². The average molecular weight is 202 g/mol. The summed E-state index contributed by atoms with van der Waals surface area (Å²) in [5.41, 5.74) is 2.96. The fraction of sp³-hybridized carbons (Fsp3) is 0.167. The number of aryl methyl sites for hydroxylation is 1. The van der Waals surface area contributed by atoms with Gasteiger partial charge in [-0.05, 0) is 32.1 Å². The van der Waals surface area contributed by atoms with Crippen LogP contribution in [-0.4, -0.2) is 9.97 Å². The fourth-order valence-corrected chi connectivity index (χ4v) is 1.45. The number of hydrogen-bond acceptors (Lipinski definition) is 2. The largest absolute Gasteiger partial charge is 0.249 e. The van der Waals surface area contributed by atoms with Crippen LogP contribution in [0.4, 0.5) is 4.39 Å². The minimum Gasteiger partial charge on any atom is -0.249 e. The van der Waals surface area contributed by atoms with Gasteiger partial charge < -0.3 is 0 Å². The predicted octanol–water partition coefficient (Wildman–Crippen LogP) is 3.11. The third-order valence-electron chi connectivity index (χ3n) is 2.16. The van der Waals surface area contributed by atoms with Gasteiger partial charge in [0.1, 0.15) is 5.82 Å². The third-order valence-corrected chi connectivity index (χ3v) is 2.16. The van der Waals surface area contributed by atoms with Crippen molar-refractivity contribution in [3.8, 4) is 0 Å². The first-order valence-electron chi connectivity index (χ1n) is 4.77. The molecule has 0 saturated heterocycles. The van der Waals surface area contributed by atoms with Gasteiger partial charge in [0.05, 0.1) is 22.4 Å². The Bertz CT molecular complexity index is 532. The number of rotatable bonds is 1. The fourth-order valence-electron chi connectivity index (χ4n) is 1.45. The van der Waals surface area contributed by atoms with Gasteiger partial charge in [-0.25, -0.2) is 14.4 Å². The molecule has 2 aromatic rings. The van der Waals surface area contributed by atoms with Crippen LogP contribution in [0.3, 0.4) is 0 Å². The van der Waals surface area contributed by atoms with E-state index in [2.05, 4.69) is 9.97 Å². The monoisotopic (exact) mass is 202 g/mol. The van der Waals surface area contributed by atoms with Crippen molar-refractivity contribution >= 4 is 17.1 Å². The molecule has 3 heteroatoms. The molecule has 0 radical (unpaired) electrons. The highest BCUT2D eigenvalue weighted by Crippen LogP contribution is 2.14. The molecule has 0 atom stereocenters. The maximum Gasteiger partial charge on any atom is 0.125 e. The third kappa shape index (κ3) is 1.86. The summed E-state index contributed by atoms with van der Waals surface area (Å²) in [6.45, 7) is 3.79. The van der Waals surface area contributed by atoms with E-state index >= 15 is 0 Å². The zero-order chi connectivity index (χ0) is 10.8. The van der Waals surface area contributed by atoms with E-state index < -0.39 is 0 Å². The molecule has 0 fully saturated rings. The molecule has 76 valence electrons. The van der Waals surface area contributed by atoms with E-state index in [4.69, 9.17) is 0 Å². The number of fused-ring (bicyclic) bond motifs is 1. The zero-order valence-electron chi connectivity index (χ0n) is 8.66. The topological polar surface area (TPSA) is 25.8 Å². The first kappa shape index (κ1) is 9.77.